The molecular weight excluding hydrogens is 248 g/mol. The predicted molar refractivity (Wildman–Crippen MR) is 62.3 cm³/mol. The minimum atomic E-state index is 0. The molecule has 0 saturated heterocycles. The quantitative estimate of drug-likeness (QED) is 0.398. The van der Waals surface area contributed by atoms with Crippen LogP contribution in [0.5, 0.6) is 0 Å². The van der Waals surface area contributed by atoms with E-state index in [9.17, 15) is 0 Å². The van der Waals surface area contributed by atoms with E-state index in [1.54, 1.807) is 13.8 Å². The van der Waals surface area contributed by atoms with Gasteiger partial charge in [-0.25, -0.2) is 4.79 Å². The van der Waals surface area contributed by atoms with Crippen LogP contribution < -0.4 is 0 Å². The fourth-order valence-electron chi connectivity index (χ4n) is 0. The Morgan fingerprint density at radius 2 is 1.12 bits per heavy atom. The van der Waals surface area contributed by atoms with E-state index in [-0.39, 0.29) is 45.9 Å². The largest absolute Gasteiger partial charge is 0.412 e. The second kappa shape index (κ2) is 36.6. The van der Waals surface area contributed by atoms with Crippen molar-refractivity contribution in [3.05, 3.63) is 30.9 Å². The number of carbonyl (C=O) groups excluding carboxylic acids is 1. The van der Waals surface area contributed by atoms with Gasteiger partial charge in [0.1, 0.15) is 5.94 Å². The average molecular weight is 270 g/mol. The molecule has 0 heterocycles. The van der Waals surface area contributed by atoms with E-state index in [1.807, 2.05) is 0 Å². The molecule has 0 aliphatic carbocycles. The zero-order valence-corrected chi connectivity index (χ0v) is 11.4. The fraction of sp³-hybridized carbons (Fsp3) is 0.400. The van der Waals surface area contributed by atoms with Gasteiger partial charge in [-0.15, -0.1) is 0 Å². The van der Waals surface area contributed by atoms with Gasteiger partial charge in [0.15, 0.2) is 0 Å². The molecule has 0 rings (SSSR count). The van der Waals surface area contributed by atoms with Crippen molar-refractivity contribution in [1.82, 2.24) is 0 Å². The molecule has 0 unspecified atom stereocenters. The minimum absolute atomic E-state index is 0. The molecule has 16 heavy (non-hydrogen) atoms. The molecule has 0 fully saturated rings. The van der Waals surface area contributed by atoms with E-state index < -0.39 is 0 Å². The van der Waals surface area contributed by atoms with Gasteiger partial charge >= 0.3 is 0 Å². The SMILES string of the molecule is C=C(C)CO.C=C(C)CO.C=C=O.O.O.[Ti]. The average Bonchev–Trinajstić information content (AvgIpc) is 2.07. The number of rotatable bonds is 2. The molecule has 0 aliphatic heterocycles. The van der Waals surface area contributed by atoms with Gasteiger partial charge in [0, 0.05) is 21.7 Å². The van der Waals surface area contributed by atoms with Crippen LogP contribution in [-0.2, 0) is 26.5 Å². The zero-order valence-electron chi connectivity index (χ0n) is 9.84. The van der Waals surface area contributed by atoms with E-state index >= 15 is 0 Å². The van der Waals surface area contributed by atoms with E-state index in [0.717, 1.165) is 11.1 Å². The Bertz CT molecular complexity index is 160. The summed E-state index contributed by atoms with van der Waals surface area (Å²) in [7, 11) is 0. The van der Waals surface area contributed by atoms with Crippen LogP contribution in [-0.4, -0.2) is 40.3 Å². The van der Waals surface area contributed by atoms with Crippen molar-refractivity contribution in [3.8, 4) is 0 Å². The summed E-state index contributed by atoms with van der Waals surface area (Å²) in [5.41, 5.74) is 1.62. The third-order valence-electron chi connectivity index (χ3n) is 0.540. The maximum absolute atomic E-state index is 8.57. The third-order valence-corrected chi connectivity index (χ3v) is 0.540. The first-order valence-electron chi connectivity index (χ1n) is 3.60. The second-order valence-corrected chi connectivity index (χ2v) is 2.37. The van der Waals surface area contributed by atoms with E-state index in [1.165, 1.54) is 5.94 Å². The van der Waals surface area contributed by atoms with Crippen LogP contribution in [0.2, 0.25) is 0 Å². The van der Waals surface area contributed by atoms with Crippen molar-refractivity contribution in [3.63, 3.8) is 0 Å². The van der Waals surface area contributed by atoms with Crippen LogP contribution in [0.15, 0.2) is 30.9 Å². The van der Waals surface area contributed by atoms with Crippen LogP contribution in [0.4, 0.5) is 0 Å². The van der Waals surface area contributed by atoms with Crippen molar-refractivity contribution in [2.45, 2.75) is 13.8 Å². The Kier molecular flexibility index (Phi) is 82.6. The van der Waals surface area contributed by atoms with Crippen molar-refractivity contribution in [2.24, 2.45) is 0 Å². The van der Waals surface area contributed by atoms with Crippen molar-refractivity contribution >= 4 is 5.94 Å². The second-order valence-electron chi connectivity index (χ2n) is 2.37. The maximum atomic E-state index is 8.57. The van der Waals surface area contributed by atoms with Crippen molar-refractivity contribution < 1.29 is 47.7 Å². The van der Waals surface area contributed by atoms with Crippen molar-refractivity contribution in [1.29, 1.82) is 0 Å². The first-order valence-corrected chi connectivity index (χ1v) is 3.60. The van der Waals surface area contributed by atoms with E-state index in [0.29, 0.717) is 0 Å². The first-order chi connectivity index (χ1) is 5.95. The van der Waals surface area contributed by atoms with Gasteiger partial charge < -0.3 is 21.2 Å². The molecular formula is C10H22O5Ti. The Balaban J connectivity index is -0.0000000220. The molecule has 96 valence electrons. The summed E-state index contributed by atoms with van der Waals surface area (Å²) in [4.78, 5) is 8.57. The van der Waals surface area contributed by atoms with E-state index in [2.05, 4.69) is 19.7 Å². The maximum Gasteiger partial charge on any atom is 0.116 e. The van der Waals surface area contributed by atoms with Crippen LogP contribution in [0.1, 0.15) is 13.8 Å². The summed E-state index contributed by atoms with van der Waals surface area (Å²) in [5, 5.41) is 16.1. The minimum Gasteiger partial charge on any atom is -0.412 e. The molecule has 0 bridgehead atoms. The molecule has 6 N–H and O–H groups in total. The smallest absolute Gasteiger partial charge is 0.116 e. The van der Waals surface area contributed by atoms with Crippen LogP contribution in [0, 0.1) is 0 Å². The van der Waals surface area contributed by atoms with Gasteiger partial charge in [-0.05, 0) is 20.4 Å². The third kappa shape index (κ3) is 173. The summed E-state index contributed by atoms with van der Waals surface area (Å²) < 4.78 is 0. The Morgan fingerprint density at radius 3 is 1.12 bits per heavy atom. The molecule has 0 amide bonds. The predicted octanol–water partition coefficient (Wildman–Crippen LogP) is -0.538. The number of aliphatic hydroxyl groups excluding tert-OH is 2. The summed E-state index contributed by atoms with van der Waals surface area (Å²) in [5.74, 6) is 1.25. The summed E-state index contributed by atoms with van der Waals surface area (Å²) in [6.07, 6.45) is 0. The standard InChI is InChI=1S/2C4H8O.C2H2O.2H2O.Ti/c2*1-4(2)3-5;1-2-3;;;/h2*5H,1,3H2,2H3;1H2;2*1H2;. The normalized spacial score (nSPS) is 5.25. The summed E-state index contributed by atoms with van der Waals surface area (Å²) in [6, 6.07) is 0. The van der Waals surface area contributed by atoms with Gasteiger partial charge in [-0.1, -0.05) is 24.3 Å². The van der Waals surface area contributed by atoms with Gasteiger partial charge in [-0.3, -0.25) is 0 Å². The molecule has 5 nitrogen and oxygen atoms in total. The Morgan fingerprint density at radius 1 is 1.06 bits per heavy atom. The molecule has 0 atom stereocenters. The molecule has 0 aliphatic rings. The van der Waals surface area contributed by atoms with Gasteiger partial charge in [0.05, 0.1) is 13.2 Å². The Hall–Kier alpha value is -0.516. The van der Waals surface area contributed by atoms with E-state index in [4.69, 9.17) is 15.0 Å². The topological polar surface area (TPSA) is 121 Å². The number of aliphatic hydroxyl groups is 2. The van der Waals surface area contributed by atoms with Crippen LogP contribution in [0.3, 0.4) is 0 Å². The fourth-order valence-corrected chi connectivity index (χ4v) is 0. The number of hydrogen-bond acceptors (Lipinski definition) is 3. The summed E-state index contributed by atoms with van der Waals surface area (Å²) in [6.45, 7) is 13.3. The molecule has 6 heteroatoms. The Labute approximate surface area is 112 Å². The van der Waals surface area contributed by atoms with Crippen molar-refractivity contribution in [2.75, 3.05) is 13.2 Å². The molecule has 0 radical (unpaired) electrons. The van der Waals surface area contributed by atoms with Crippen LogP contribution >= 0.6 is 0 Å². The zero-order chi connectivity index (χ0) is 11.3. The molecule has 0 aromatic heterocycles. The number of hydrogen-bond donors (Lipinski definition) is 2. The molecule has 0 aromatic rings. The monoisotopic (exact) mass is 270 g/mol. The molecule has 0 aromatic carbocycles. The summed E-state index contributed by atoms with van der Waals surface area (Å²) >= 11 is 0. The van der Waals surface area contributed by atoms with Gasteiger partial charge in [0.2, 0.25) is 0 Å². The van der Waals surface area contributed by atoms with Crippen LogP contribution in [0.25, 0.3) is 0 Å². The molecule has 0 saturated carbocycles. The van der Waals surface area contributed by atoms with Gasteiger partial charge in [-0.2, -0.15) is 0 Å². The molecule has 0 spiro atoms. The van der Waals surface area contributed by atoms with Gasteiger partial charge in [0.25, 0.3) is 0 Å². The first kappa shape index (κ1) is 36.1.